The molecule has 10 nitrogen and oxygen atoms in total. The second-order valence-electron chi connectivity index (χ2n) is 8.68. The molecule has 0 spiro atoms. The maximum atomic E-state index is 13.0. The van der Waals surface area contributed by atoms with E-state index in [9.17, 15) is 14.4 Å². The van der Waals surface area contributed by atoms with Gasteiger partial charge in [0.2, 0.25) is 17.6 Å². The highest BCUT2D eigenvalue weighted by atomic mass is 16.5. The van der Waals surface area contributed by atoms with Crippen LogP contribution in [-0.4, -0.2) is 36.9 Å². The van der Waals surface area contributed by atoms with Gasteiger partial charge in [-0.2, -0.15) is 14.8 Å². The van der Waals surface area contributed by atoms with Gasteiger partial charge in [0.05, 0.1) is 5.69 Å². The minimum absolute atomic E-state index is 0.0409. The Kier molecular flexibility index (Phi) is 6.96. The van der Waals surface area contributed by atoms with Crippen molar-refractivity contribution in [1.29, 1.82) is 0 Å². The Hall–Kier alpha value is -4.34. The smallest absolute Gasteiger partial charge is 0.339 e. The van der Waals surface area contributed by atoms with Gasteiger partial charge in [0, 0.05) is 32.1 Å². The normalized spacial score (nSPS) is 11.0. The number of nitrogens with zero attached hydrogens (tertiary/aromatic N) is 6. The lowest BCUT2D eigenvalue weighted by Gasteiger charge is -2.23. The molecule has 0 saturated carbocycles. The Labute approximate surface area is 207 Å². The first-order valence-electron chi connectivity index (χ1n) is 11.7. The van der Waals surface area contributed by atoms with Gasteiger partial charge in [0.15, 0.2) is 5.69 Å². The topological polar surface area (TPSA) is 116 Å². The number of carbonyl (C=O) groups excluding carboxylic acids is 1. The van der Waals surface area contributed by atoms with Crippen LogP contribution in [0.1, 0.15) is 35.9 Å². The van der Waals surface area contributed by atoms with Crippen molar-refractivity contribution < 1.29 is 9.32 Å². The lowest BCUT2D eigenvalue weighted by atomic mass is 10.1. The third-order valence-corrected chi connectivity index (χ3v) is 5.96. The van der Waals surface area contributed by atoms with E-state index in [1.807, 2.05) is 58.0 Å². The molecule has 0 unspecified atom stereocenters. The Morgan fingerprint density at radius 2 is 1.72 bits per heavy atom. The summed E-state index contributed by atoms with van der Waals surface area (Å²) in [6, 6.07) is 13.2. The number of hydrogen-bond acceptors (Lipinski definition) is 7. The zero-order valence-electron chi connectivity index (χ0n) is 21.0. The van der Waals surface area contributed by atoms with Crippen LogP contribution in [0.4, 0.5) is 5.69 Å². The minimum atomic E-state index is -0.640. The Bertz CT molecular complexity index is 1530. The highest BCUT2D eigenvalue weighted by Gasteiger charge is 2.21. The Morgan fingerprint density at radius 1 is 1.03 bits per heavy atom. The zero-order chi connectivity index (χ0) is 26.0. The van der Waals surface area contributed by atoms with Crippen molar-refractivity contribution in [2.24, 2.45) is 7.05 Å². The molecule has 2 aromatic carbocycles. The third-order valence-electron chi connectivity index (χ3n) is 5.96. The Morgan fingerprint density at radius 3 is 2.42 bits per heavy atom. The quantitative estimate of drug-likeness (QED) is 0.393. The van der Waals surface area contributed by atoms with E-state index in [1.54, 1.807) is 17.0 Å². The molecule has 0 aliphatic heterocycles. The molecular formula is C26H28N6O4. The van der Waals surface area contributed by atoms with E-state index in [0.717, 1.165) is 31.6 Å². The maximum absolute atomic E-state index is 13.0. The van der Waals surface area contributed by atoms with Gasteiger partial charge in [0.1, 0.15) is 0 Å². The van der Waals surface area contributed by atoms with Gasteiger partial charge in [-0.15, -0.1) is 0 Å². The average molecular weight is 489 g/mol. The van der Waals surface area contributed by atoms with Crippen LogP contribution in [0, 0.1) is 20.8 Å². The first kappa shape index (κ1) is 24.8. The molecule has 10 heteroatoms. The Balaban J connectivity index is 1.57. The summed E-state index contributed by atoms with van der Waals surface area (Å²) in [5.74, 6) is 0.0843. The van der Waals surface area contributed by atoms with Crippen molar-refractivity contribution in [3.8, 4) is 17.2 Å². The third kappa shape index (κ3) is 4.88. The monoisotopic (exact) mass is 488 g/mol. The predicted molar refractivity (Wildman–Crippen MR) is 135 cm³/mol. The first-order chi connectivity index (χ1) is 17.2. The van der Waals surface area contributed by atoms with Gasteiger partial charge in [-0.1, -0.05) is 35.0 Å². The van der Waals surface area contributed by atoms with Crippen molar-refractivity contribution in [1.82, 2.24) is 24.5 Å². The highest BCUT2D eigenvalue weighted by Crippen LogP contribution is 2.22. The number of rotatable bonds is 7. The van der Waals surface area contributed by atoms with E-state index in [4.69, 9.17) is 4.52 Å². The van der Waals surface area contributed by atoms with Crippen LogP contribution in [0.2, 0.25) is 0 Å². The van der Waals surface area contributed by atoms with Gasteiger partial charge >= 0.3 is 5.69 Å². The summed E-state index contributed by atoms with van der Waals surface area (Å²) < 4.78 is 7.38. The molecule has 186 valence electrons. The summed E-state index contributed by atoms with van der Waals surface area (Å²) in [7, 11) is 1.37. The molecule has 2 aromatic heterocycles. The summed E-state index contributed by atoms with van der Waals surface area (Å²) in [6.07, 6.45) is 0.349. The number of benzene rings is 2. The molecule has 0 fully saturated rings. The van der Waals surface area contributed by atoms with Gasteiger partial charge in [-0.3, -0.25) is 14.2 Å². The van der Waals surface area contributed by atoms with Crippen molar-refractivity contribution in [3.63, 3.8) is 0 Å². The lowest BCUT2D eigenvalue weighted by Crippen LogP contribution is -2.40. The summed E-state index contributed by atoms with van der Waals surface area (Å²) >= 11 is 0. The zero-order valence-corrected chi connectivity index (χ0v) is 21.0. The molecule has 0 aliphatic rings. The molecular weight excluding hydrogens is 460 g/mol. The van der Waals surface area contributed by atoms with Crippen LogP contribution >= 0.6 is 0 Å². The highest BCUT2D eigenvalue weighted by molar-refractivity contribution is 5.94. The van der Waals surface area contributed by atoms with Crippen LogP contribution in [0.15, 0.2) is 56.6 Å². The van der Waals surface area contributed by atoms with E-state index < -0.39 is 11.2 Å². The first-order valence-corrected chi connectivity index (χ1v) is 11.7. The molecule has 0 N–H and O–H groups in total. The van der Waals surface area contributed by atoms with Crippen molar-refractivity contribution in [3.05, 3.63) is 85.9 Å². The maximum Gasteiger partial charge on any atom is 0.351 e. The fourth-order valence-electron chi connectivity index (χ4n) is 3.86. The van der Waals surface area contributed by atoms with E-state index in [1.165, 1.54) is 7.05 Å². The summed E-state index contributed by atoms with van der Waals surface area (Å²) in [5.41, 5.74) is 3.14. The average Bonchev–Trinajstić information content (AvgIpc) is 3.33. The molecule has 0 saturated heterocycles. The second kappa shape index (κ2) is 10.1. The van der Waals surface area contributed by atoms with Crippen LogP contribution in [-0.2, 0) is 18.3 Å². The lowest BCUT2D eigenvalue weighted by molar-refractivity contribution is -0.118. The van der Waals surface area contributed by atoms with E-state index >= 15 is 0 Å². The van der Waals surface area contributed by atoms with Gasteiger partial charge in [0.25, 0.3) is 5.56 Å². The molecule has 0 aliphatic carbocycles. The standard InChI is InChI=1S/C26H28N6O4/c1-6-31(20-15-17(3)7-10-18(20)4)22(33)14-13-21-27-24(29-36-21)23-25(34)30(5)26(35)32(28-23)19-11-8-16(2)9-12-19/h7-12,15H,6,13-14H2,1-5H3. The molecule has 0 radical (unpaired) electrons. The number of amides is 1. The fourth-order valence-corrected chi connectivity index (χ4v) is 3.86. The molecule has 0 atom stereocenters. The van der Waals surface area contributed by atoms with Crippen LogP contribution in [0.3, 0.4) is 0 Å². The van der Waals surface area contributed by atoms with Gasteiger partial charge in [-0.25, -0.2) is 4.79 Å². The van der Waals surface area contributed by atoms with E-state index in [0.29, 0.717) is 12.2 Å². The number of aromatic nitrogens is 5. The number of hydrogen-bond donors (Lipinski definition) is 0. The van der Waals surface area contributed by atoms with Gasteiger partial charge < -0.3 is 9.42 Å². The number of aryl methyl sites for hydroxylation is 4. The van der Waals surface area contributed by atoms with Crippen LogP contribution < -0.4 is 16.1 Å². The van der Waals surface area contributed by atoms with Crippen molar-refractivity contribution in [2.45, 2.75) is 40.5 Å². The second-order valence-corrected chi connectivity index (χ2v) is 8.68. The molecule has 1 amide bonds. The number of anilines is 1. The molecule has 4 rings (SSSR count). The fraction of sp³-hybridized carbons (Fsp3) is 0.308. The van der Waals surface area contributed by atoms with Crippen LogP contribution in [0.5, 0.6) is 0 Å². The molecule has 36 heavy (non-hydrogen) atoms. The van der Waals surface area contributed by atoms with Crippen LogP contribution in [0.25, 0.3) is 17.2 Å². The van der Waals surface area contributed by atoms with E-state index in [-0.39, 0.29) is 36.2 Å². The van der Waals surface area contributed by atoms with Crippen molar-refractivity contribution in [2.75, 3.05) is 11.4 Å². The SMILES string of the molecule is CCN(C(=O)CCc1nc(-c2nn(-c3ccc(C)cc3)c(=O)n(C)c2=O)no1)c1cc(C)ccc1C. The molecule has 0 bridgehead atoms. The van der Waals surface area contributed by atoms with E-state index in [2.05, 4.69) is 15.2 Å². The molecule has 4 aromatic rings. The number of carbonyl (C=O) groups is 1. The minimum Gasteiger partial charge on any atom is -0.339 e. The molecule has 2 heterocycles. The van der Waals surface area contributed by atoms with Gasteiger partial charge in [-0.05, 0) is 57.0 Å². The largest absolute Gasteiger partial charge is 0.351 e. The summed E-state index contributed by atoms with van der Waals surface area (Å²) in [6.45, 7) is 8.34. The van der Waals surface area contributed by atoms with Crippen molar-refractivity contribution >= 4 is 11.6 Å². The summed E-state index contributed by atoms with van der Waals surface area (Å²) in [4.78, 5) is 44.4. The summed E-state index contributed by atoms with van der Waals surface area (Å²) in [5, 5.41) is 8.11. The predicted octanol–water partition coefficient (Wildman–Crippen LogP) is 2.89.